The second-order valence-electron chi connectivity index (χ2n) is 8.89. The van der Waals surface area contributed by atoms with E-state index in [0.717, 1.165) is 11.3 Å². The average Bonchev–Trinajstić information content (AvgIpc) is 2.81. The van der Waals surface area contributed by atoms with Crippen LogP contribution in [0, 0.1) is 17.2 Å². The van der Waals surface area contributed by atoms with Crippen molar-refractivity contribution in [1.82, 2.24) is 10.2 Å². The van der Waals surface area contributed by atoms with Crippen LogP contribution >= 0.6 is 0 Å². The number of nitrogens with one attached hydrogen (secondary N) is 1. The summed E-state index contributed by atoms with van der Waals surface area (Å²) in [5.41, 5.74) is -0.610. The Bertz CT molecular complexity index is 840. The van der Waals surface area contributed by atoms with Gasteiger partial charge < -0.3 is 14.8 Å². The number of amides is 3. The normalized spacial score (nSPS) is 25.8. The monoisotopic (exact) mass is 406 g/mol. The summed E-state index contributed by atoms with van der Waals surface area (Å²) in [6.07, 6.45) is 2.06. The van der Waals surface area contributed by atoms with Gasteiger partial charge in [-0.15, -0.1) is 0 Å². The Kier molecular flexibility index (Phi) is 5.56. The van der Waals surface area contributed by atoms with Gasteiger partial charge in [0.05, 0.1) is 7.11 Å². The first kappa shape index (κ1) is 21.1. The van der Waals surface area contributed by atoms with E-state index in [1.165, 1.54) is 19.2 Å². The highest BCUT2D eigenvalue weighted by molar-refractivity contribution is 6.08. The zero-order valence-electron chi connectivity index (χ0n) is 17.2. The average molecular weight is 406 g/mol. The smallest absolute Gasteiger partial charge is 0.326 e. The van der Waals surface area contributed by atoms with Crippen molar-refractivity contribution in [3.8, 4) is 5.75 Å². The van der Waals surface area contributed by atoms with Gasteiger partial charge in [-0.2, -0.15) is 0 Å². The van der Waals surface area contributed by atoms with Crippen LogP contribution in [0.1, 0.15) is 45.6 Å². The number of esters is 1. The van der Waals surface area contributed by atoms with Crippen LogP contribution in [0.4, 0.5) is 9.18 Å². The Labute approximate surface area is 169 Å². The van der Waals surface area contributed by atoms with Gasteiger partial charge in [-0.3, -0.25) is 14.5 Å². The maximum Gasteiger partial charge on any atom is 0.326 e. The second-order valence-corrected chi connectivity index (χ2v) is 8.89. The summed E-state index contributed by atoms with van der Waals surface area (Å²) in [7, 11) is 1.36. The lowest BCUT2D eigenvalue weighted by Crippen LogP contribution is -2.54. The predicted octanol–water partition coefficient (Wildman–Crippen LogP) is 3.01. The standard InChI is InChI=1S/C21H27FN2O5/c1-13-8-20(2,3)12-21(9-13)18(26)24(19(27)23-21)10-17(25)29-11-14-5-6-16(28-4)15(22)7-14/h5-7,13H,8-12H2,1-4H3,(H,23,27)/t13-,21+/m1/s1. The van der Waals surface area contributed by atoms with E-state index in [-0.39, 0.29) is 29.6 Å². The van der Waals surface area contributed by atoms with E-state index in [2.05, 4.69) is 26.1 Å². The fourth-order valence-electron chi connectivity index (χ4n) is 4.79. The van der Waals surface area contributed by atoms with Gasteiger partial charge in [0, 0.05) is 0 Å². The largest absolute Gasteiger partial charge is 0.494 e. The first-order valence-electron chi connectivity index (χ1n) is 9.67. The molecule has 0 bridgehead atoms. The summed E-state index contributed by atoms with van der Waals surface area (Å²) < 4.78 is 23.7. The fraction of sp³-hybridized carbons (Fsp3) is 0.571. The molecule has 1 saturated heterocycles. The van der Waals surface area contributed by atoms with E-state index in [1.807, 2.05) is 0 Å². The maximum atomic E-state index is 13.7. The molecule has 1 heterocycles. The Morgan fingerprint density at radius 3 is 2.66 bits per heavy atom. The van der Waals surface area contributed by atoms with Gasteiger partial charge in [0.2, 0.25) is 0 Å². The third kappa shape index (κ3) is 4.36. The number of nitrogens with zero attached hydrogens (tertiary/aromatic N) is 1. The van der Waals surface area contributed by atoms with Crippen LogP contribution in [0.5, 0.6) is 5.75 Å². The molecule has 3 amide bonds. The molecule has 1 aliphatic heterocycles. The van der Waals surface area contributed by atoms with Gasteiger partial charge in [0.25, 0.3) is 5.91 Å². The molecule has 2 atom stereocenters. The number of hydrogen-bond acceptors (Lipinski definition) is 5. The first-order chi connectivity index (χ1) is 13.5. The maximum absolute atomic E-state index is 13.7. The molecule has 2 aliphatic rings. The molecule has 0 radical (unpaired) electrons. The van der Waals surface area contributed by atoms with Crippen LogP contribution < -0.4 is 10.1 Å². The lowest BCUT2D eigenvalue weighted by atomic mass is 9.64. The van der Waals surface area contributed by atoms with E-state index in [0.29, 0.717) is 18.4 Å². The number of methoxy groups -OCH3 is 1. The molecule has 29 heavy (non-hydrogen) atoms. The van der Waals surface area contributed by atoms with Gasteiger partial charge >= 0.3 is 12.0 Å². The van der Waals surface area contributed by atoms with Crippen molar-refractivity contribution in [2.75, 3.05) is 13.7 Å². The van der Waals surface area contributed by atoms with Crippen molar-refractivity contribution in [2.45, 2.75) is 52.2 Å². The number of halogens is 1. The van der Waals surface area contributed by atoms with Crippen molar-refractivity contribution in [2.24, 2.45) is 11.3 Å². The molecule has 8 heteroatoms. The zero-order chi connectivity index (χ0) is 21.4. The van der Waals surface area contributed by atoms with Crippen LogP contribution in [0.15, 0.2) is 18.2 Å². The lowest BCUT2D eigenvalue weighted by Gasteiger charge is -2.43. The molecular formula is C21H27FN2O5. The molecular weight excluding hydrogens is 379 g/mol. The van der Waals surface area contributed by atoms with Crippen LogP contribution in [-0.2, 0) is 20.9 Å². The van der Waals surface area contributed by atoms with E-state index in [9.17, 15) is 18.8 Å². The van der Waals surface area contributed by atoms with Gasteiger partial charge in [0.15, 0.2) is 11.6 Å². The van der Waals surface area contributed by atoms with E-state index >= 15 is 0 Å². The molecule has 0 unspecified atom stereocenters. The van der Waals surface area contributed by atoms with E-state index in [4.69, 9.17) is 9.47 Å². The Balaban J connectivity index is 1.62. The number of benzene rings is 1. The van der Waals surface area contributed by atoms with Crippen LogP contribution in [0.2, 0.25) is 0 Å². The van der Waals surface area contributed by atoms with E-state index in [1.54, 1.807) is 6.07 Å². The predicted molar refractivity (Wildman–Crippen MR) is 103 cm³/mol. The topological polar surface area (TPSA) is 84.9 Å². The Morgan fingerprint density at radius 2 is 2.03 bits per heavy atom. The third-order valence-corrected chi connectivity index (χ3v) is 5.53. The minimum Gasteiger partial charge on any atom is -0.494 e. The summed E-state index contributed by atoms with van der Waals surface area (Å²) in [4.78, 5) is 38.6. The molecule has 1 aliphatic carbocycles. The Morgan fingerprint density at radius 1 is 1.31 bits per heavy atom. The molecule has 1 aromatic carbocycles. The van der Waals surface area contributed by atoms with Crippen LogP contribution in [-0.4, -0.2) is 42.0 Å². The summed E-state index contributed by atoms with van der Waals surface area (Å²) in [5.74, 6) is -1.31. The number of hydrogen-bond donors (Lipinski definition) is 1. The molecule has 3 rings (SSSR count). The quantitative estimate of drug-likeness (QED) is 0.600. The molecule has 2 fully saturated rings. The van der Waals surface area contributed by atoms with Gasteiger partial charge in [-0.1, -0.05) is 26.8 Å². The second kappa shape index (κ2) is 7.65. The van der Waals surface area contributed by atoms with Crippen molar-refractivity contribution in [3.63, 3.8) is 0 Å². The van der Waals surface area contributed by atoms with Crippen molar-refractivity contribution in [1.29, 1.82) is 0 Å². The van der Waals surface area contributed by atoms with Gasteiger partial charge in [-0.25, -0.2) is 9.18 Å². The minimum atomic E-state index is -0.961. The fourth-order valence-corrected chi connectivity index (χ4v) is 4.79. The highest BCUT2D eigenvalue weighted by Crippen LogP contribution is 2.46. The van der Waals surface area contributed by atoms with Gasteiger partial charge in [-0.05, 0) is 48.3 Å². The lowest BCUT2D eigenvalue weighted by molar-refractivity contribution is -0.149. The molecule has 1 aromatic rings. The molecule has 7 nitrogen and oxygen atoms in total. The highest BCUT2D eigenvalue weighted by Gasteiger charge is 2.56. The first-order valence-corrected chi connectivity index (χ1v) is 9.67. The molecule has 0 aromatic heterocycles. The SMILES string of the molecule is COc1ccc(COC(=O)CN2C(=O)N[C@]3(C[C@H](C)CC(C)(C)C3)C2=O)cc1F. The molecule has 1 spiro atoms. The number of imide groups is 1. The molecule has 158 valence electrons. The van der Waals surface area contributed by atoms with Crippen molar-refractivity contribution >= 4 is 17.9 Å². The summed E-state index contributed by atoms with van der Waals surface area (Å²) in [6, 6.07) is 3.64. The zero-order valence-corrected chi connectivity index (χ0v) is 17.2. The summed E-state index contributed by atoms with van der Waals surface area (Å²) >= 11 is 0. The third-order valence-electron chi connectivity index (χ3n) is 5.53. The Hall–Kier alpha value is -2.64. The number of urea groups is 1. The number of carbonyl (C=O) groups excluding carboxylic acids is 3. The van der Waals surface area contributed by atoms with Crippen LogP contribution in [0.3, 0.4) is 0 Å². The van der Waals surface area contributed by atoms with Gasteiger partial charge in [0.1, 0.15) is 18.7 Å². The number of ether oxygens (including phenoxy) is 2. The molecule has 1 saturated carbocycles. The van der Waals surface area contributed by atoms with E-state index < -0.39 is 29.9 Å². The molecule has 1 N–H and O–H groups in total. The minimum absolute atomic E-state index is 0.0877. The van der Waals surface area contributed by atoms with Crippen molar-refractivity contribution in [3.05, 3.63) is 29.6 Å². The summed E-state index contributed by atoms with van der Waals surface area (Å²) in [5, 5.41) is 2.82. The summed E-state index contributed by atoms with van der Waals surface area (Å²) in [6.45, 7) is 5.58. The van der Waals surface area contributed by atoms with Crippen molar-refractivity contribution < 1.29 is 28.2 Å². The highest BCUT2D eigenvalue weighted by atomic mass is 19.1. The number of rotatable bonds is 5. The van der Waals surface area contributed by atoms with Crippen LogP contribution in [0.25, 0.3) is 0 Å². The number of carbonyl (C=O) groups is 3.